The Hall–Kier alpha value is -2.01. The van der Waals surface area contributed by atoms with Crippen molar-refractivity contribution in [1.29, 1.82) is 0 Å². The van der Waals surface area contributed by atoms with Gasteiger partial charge in [-0.05, 0) is 30.5 Å². The number of hydrogen-bond acceptors (Lipinski definition) is 4. The molecule has 0 bridgehead atoms. The van der Waals surface area contributed by atoms with Crippen molar-refractivity contribution < 1.29 is 4.39 Å². The van der Waals surface area contributed by atoms with Crippen molar-refractivity contribution in [3.05, 3.63) is 53.7 Å². The zero-order chi connectivity index (χ0) is 14.7. The number of nitrogens with zero attached hydrogens (tertiary/aromatic N) is 3. The lowest BCUT2D eigenvalue weighted by atomic mass is 10.2. The Kier molecular flexibility index (Phi) is 4.10. The number of halogens is 1. The maximum atomic E-state index is 13.5. The van der Waals surface area contributed by atoms with Gasteiger partial charge in [-0.1, -0.05) is 6.07 Å². The highest BCUT2D eigenvalue weighted by Crippen LogP contribution is 2.23. The van der Waals surface area contributed by atoms with Gasteiger partial charge in [-0.25, -0.2) is 9.37 Å². The van der Waals surface area contributed by atoms with Gasteiger partial charge in [0.25, 0.3) is 0 Å². The summed E-state index contributed by atoms with van der Waals surface area (Å²) in [5.74, 6) is 0.523. The summed E-state index contributed by atoms with van der Waals surface area (Å²) >= 11 is 0. The van der Waals surface area contributed by atoms with Gasteiger partial charge in [-0.3, -0.25) is 4.98 Å². The summed E-state index contributed by atoms with van der Waals surface area (Å²) < 4.78 is 13.5. The lowest BCUT2D eigenvalue weighted by Gasteiger charge is -2.21. The van der Waals surface area contributed by atoms with Crippen LogP contribution in [0.3, 0.4) is 0 Å². The molecule has 4 nitrogen and oxygen atoms in total. The van der Waals surface area contributed by atoms with E-state index < -0.39 is 0 Å². The fourth-order valence-electron chi connectivity index (χ4n) is 2.33. The Morgan fingerprint density at radius 3 is 2.95 bits per heavy atom. The molecule has 21 heavy (non-hydrogen) atoms. The fraction of sp³-hybridized carbons (Fsp3) is 0.375. The first kappa shape index (κ1) is 13.9. The number of hydrogen-bond donors (Lipinski definition) is 1. The Morgan fingerprint density at radius 1 is 1.38 bits per heavy atom. The topological polar surface area (TPSA) is 41.1 Å². The number of nitrogens with one attached hydrogen (secondary N) is 1. The van der Waals surface area contributed by atoms with Gasteiger partial charge in [0.2, 0.25) is 0 Å². The van der Waals surface area contributed by atoms with Gasteiger partial charge >= 0.3 is 0 Å². The van der Waals surface area contributed by atoms with Crippen molar-refractivity contribution in [2.45, 2.75) is 32.0 Å². The molecule has 1 aliphatic rings. The molecule has 1 fully saturated rings. The molecule has 3 rings (SSSR count). The number of anilines is 1. The minimum atomic E-state index is -0.291. The lowest BCUT2D eigenvalue weighted by molar-refractivity contribution is 0.610. The fourth-order valence-corrected chi connectivity index (χ4v) is 2.33. The van der Waals surface area contributed by atoms with Crippen LogP contribution in [-0.4, -0.2) is 23.1 Å². The van der Waals surface area contributed by atoms with E-state index in [-0.39, 0.29) is 5.82 Å². The van der Waals surface area contributed by atoms with Crippen molar-refractivity contribution in [1.82, 2.24) is 15.3 Å². The Morgan fingerprint density at radius 2 is 2.24 bits per heavy atom. The Labute approximate surface area is 124 Å². The normalized spacial score (nSPS) is 14.2. The van der Waals surface area contributed by atoms with E-state index in [0.29, 0.717) is 19.1 Å². The highest BCUT2D eigenvalue weighted by atomic mass is 19.1. The number of aromatic nitrogens is 2. The Balaban J connectivity index is 1.75. The van der Waals surface area contributed by atoms with E-state index in [1.807, 2.05) is 30.3 Å². The van der Waals surface area contributed by atoms with Gasteiger partial charge in [-0.2, -0.15) is 0 Å². The molecule has 2 heterocycles. The molecule has 0 aromatic carbocycles. The van der Waals surface area contributed by atoms with Crippen LogP contribution in [0.5, 0.6) is 0 Å². The predicted octanol–water partition coefficient (Wildman–Crippen LogP) is 2.50. The summed E-state index contributed by atoms with van der Waals surface area (Å²) in [7, 11) is 1.97. The number of pyridine rings is 2. The standard InChI is InChI=1S/C16H19FN4/c1-21(11-12-3-2-6-18-8-12)16-13(7-14(17)10-20-16)9-19-15-4-5-15/h2-3,6-8,10,15,19H,4-5,9,11H2,1H3. The second-order valence-electron chi connectivity index (χ2n) is 5.51. The van der Waals surface area contributed by atoms with Crippen LogP contribution in [0, 0.1) is 5.82 Å². The molecule has 0 saturated heterocycles. The molecule has 0 atom stereocenters. The van der Waals surface area contributed by atoms with Crippen LogP contribution in [-0.2, 0) is 13.1 Å². The first-order valence-corrected chi connectivity index (χ1v) is 7.20. The molecule has 1 aliphatic carbocycles. The molecule has 5 heteroatoms. The van der Waals surface area contributed by atoms with Crippen molar-refractivity contribution >= 4 is 5.82 Å². The van der Waals surface area contributed by atoms with Gasteiger partial charge in [0.15, 0.2) is 0 Å². The summed E-state index contributed by atoms with van der Waals surface area (Å²) in [4.78, 5) is 10.4. The van der Waals surface area contributed by atoms with Gasteiger partial charge in [-0.15, -0.1) is 0 Å². The second kappa shape index (κ2) is 6.18. The van der Waals surface area contributed by atoms with Gasteiger partial charge in [0.1, 0.15) is 11.6 Å². The van der Waals surface area contributed by atoms with Crippen LogP contribution in [0.4, 0.5) is 10.2 Å². The minimum Gasteiger partial charge on any atom is -0.355 e. The molecule has 0 spiro atoms. The zero-order valence-corrected chi connectivity index (χ0v) is 12.1. The molecule has 1 N–H and O–H groups in total. The predicted molar refractivity (Wildman–Crippen MR) is 80.4 cm³/mol. The van der Waals surface area contributed by atoms with Crippen LogP contribution in [0.25, 0.3) is 0 Å². The molecule has 0 unspecified atom stereocenters. The van der Waals surface area contributed by atoms with Crippen LogP contribution in [0.2, 0.25) is 0 Å². The number of rotatable bonds is 6. The summed E-state index contributed by atoms with van der Waals surface area (Å²) in [6.07, 6.45) is 7.29. The van der Waals surface area contributed by atoms with Crippen LogP contribution in [0.1, 0.15) is 24.0 Å². The van der Waals surface area contributed by atoms with Crippen LogP contribution in [0.15, 0.2) is 36.8 Å². The maximum absolute atomic E-state index is 13.5. The second-order valence-corrected chi connectivity index (χ2v) is 5.51. The molecule has 1 saturated carbocycles. The van der Waals surface area contributed by atoms with E-state index in [9.17, 15) is 4.39 Å². The zero-order valence-electron chi connectivity index (χ0n) is 12.1. The summed E-state index contributed by atoms with van der Waals surface area (Å²) in [5.41, 5.74) is 2.00. The molecular weight excluding hydrogens is 267 g/mol. The summed E-state index contributed by atoms with van der Waals surface area (Å²) in [5, 5.41) is 3.41. The average molecular weight is 286 g/mol. The molecule has 0 radical (unpaired) electrons. The van der Waals surface area contributed by atoms with E-state index in [1.54, 1.807) is 12.3 Å². The SMILES string of the molecule is CN(Cc1cccnc1)c1ncc(F)cc1CNC1CC1. The van der Waals surface area contributed by atoms with Crippen molar-refractivity contribution in [3.8, 4) is 0 Å². The Bertz CT molecular complexity index is 598. The minimum absolute atomic E-state index is 0.291. The quantitative estimate of drug-likeness (QED) is 0.886. The first-order chi connectivity index (χ1) is 10.2. The molecule has 110 valence electrons. The highest BCUT2D eigenvalue weighted by Gasteiger charge is 2.21. The van der Waals surface area contributed by atoms with E-state index in [2.05, 4.69) is 15.3 Å². The summed E-state index contributed by atoms with van der Waals surface area (Å²) in [6.45, 7) is 1.35. The van der Waals surface area contributed by atoms with E-state index in [1.165, 1.54) is 19.0 Å². The van der Waals surface area contributed by atoms with Crippen molar-refractivity contribution in [2.24, 2.45) is 0 Å². The highest BCUT2D eigenvalue weighted by molar-refractivity contribution is 5.46. The van der Waals surface area contributed by atoms with Crippen molar-refractivity contribution in [3.63, 3.8) is 0 Å². The monoisotopic (exact) mass is 286 g/mol. The lowest BCUT2D eigenvalue weighted by Crippen LogP contribution is -2.23. The summed E-state index contributed by atoms with van der Waals surface area (Å²) in [6, 6.07) is 6.09. The van der Waals surface area contributed by atoms with Gasteiger partial charge < -0.3 is 10.2 Å². The maximum Gasteiger partial charge on any atom is 0.141 e. The molecule has 0 aliphatic heterocycles. The van der Waals surface area contributed by atoms with E-state index in [0.717, 1.165) is 16.9 Å². The molecule has 0 amide bonds. The van der Waals surface area contributed by atoms with Gasteiger partial charge in [0, 0.05) is 44.1 Å². The molecule has 2 aromatic rings. The molecule has 2 aromatic heterocycles. The third-order valence-electron chi connectivity index (χ3n) is 3.57. The van der Waals surface area contributed by atoms with E-state index >= 15 is 0 Å². The van der Waals surface area contributed by atoms with Crippen molar-refractivity contribution in [2.75, 3.05) is 11.9 Å². The van der Waals surface area contributed by atoms with E-state index in [4.69, 9.17) is 0 Å². The largest absolute Gasteiger partial charge is 0.355 e. The smallest absolute Gasteiger partial charge is 0.141 e. The van der Waals surface area contributed by atoms with Crippen LogP contribution < -0.4 is 10.2 Å². The van der Waals surface area contributed by atoms with Gasteiger partial charge in [0.05, 0.1) is 6.20 Å². The third kappa shape index (κ3) is 3.76. The average Bonchev–Trinajstić information content (AvgIpc) is 3.30. The van der Waals surface area contributed by atoms with Crippen LogP contribution >= 0.6 is 0 Å². The molecular formula is C16H19FN4. The third-order valence-corrected chi connectivity index (χ3v) is 3.57. The first-order valence-electron chi connectivity index (χ1n) is 7.20.